The maximum Gasteiger partial charge on any atom is 0.236 e. The fourth-order valence-corrected chi connectivity index (χ4v) is 2.73. The molecular formula is C16H29N3O4. The summed E-state index contributed by atoms with van der Waals surface area (Å²) in [6.45, 7) is 9.54. The zero-order chi connectivity index (χ0) is 17.8. The highest BCUT2D eigenvalue weighted by molar-refractivity contribution is 6.04. The van der Waals surface area contributed by atoms with Gasteiger partial charge in [-0.15, -0.1) is 0 Å². The minimum Gasteiger partial charge on any atom is -0.375 e. The maximum atomic E-state index is 12.1. The zero-order valence-electron chi connectivity index (χ0n) is 15.0. The fraction of sp³-hybridized carbons (Fsp3) is 0.812. The van der Waals surface area contributed by atoms with Gasteiger partial charge in [-0.3, -0.25) is 24.7 Å². The van der Waals surface area contributed by atoms with E-state index in [-0.39, 0.29) is 36.5 Å². The van der Waals surface area contributed by atoms with Crippen molar-refractivity contribution in [2.24, 2.45) is 5.92 Å². The summed E-state index contributed by atoms with van der Waals surface area (Å²) < 4.78 is 5.80. The van der Waals surface area contributed by atoms with Gasteiger partial charge in [0, 0.05) is 31.5 Å². The molecule has 0 bridgehead atoms. The van der Waals surface area contributed by atoms with Gasteiger partial charge in [0.2, 0.25) is 17.7 Å². The van der Waals surface area contributed by atoms with Crippen LogP contribution in [0.15, 0.2) is 0 Å². The number of nitrogens with zero attached hydrogens (tertiary/aromatic N) is 1. The Balaban J connectivity index is 2.55. The number of ether oxygens (including phenoxy) is 1. The summed E-state index contributed by atoms with van der Waals surface area (Å²) in [5.74, 6) is -0.646. The number of hydrogen-bond acceptors (Lipinski definition) is 5. The third-order valence-corrected chi connectivity index (χ3v) is 4.03. The van der Waals surface area contributed by atoms with Crippen LogP contribution in [0.3, 0.4) is 0 Å². The molecule has 0 aliphatic carbocycles. The van der Waals surface area contributed by atoms with Crippen LogP contribution in [0.25, 0.3) is 0 Å². The molecule has 0 saturated carbocycles. The second kappa shape index (κ2) is 7.40. The number of imide groups is 1. The number of nitrogens with one attached hydrogen (secondary N) is 2. The quantitative estimate of drug-likeness (QED) is 0.513. The summed E-state index contributed by atoms with van der Waals surface area (Å²) in [6, 6.07) is 0. The Kier molecular flexibility index (Phi) is 6.30. The van der Waals surface area contributed by atoms with Gasteiger partial charge in [-0.25, -0.2) is 5.43 Å². The van der Waals surface area contributed by atoms with Crippen molar-refractivity contribution >= 4 is 17.7 Å². The van der Waals surface area contributed by atoms with E-state index in [9.17, 15) is 14.4 Å². The number of carbonyl (C=O) groups excluding carboxylic acids is 3. The smallest absolute Gasteiger partial charge is 0.236 e. The lowest BCUT2D eigenvalue weighted by atomic mass is 9.98. The summed E-state index contributed by atoms with van der Waals surface area (Å²) in [5, 5.41) is 0. The minimum absolute atomic E-state index is 0.118. The molecule has 1 rings (SSSR count). The topological polar surface area (TPSA) is 87.7 Å². The normalized spacial score (nSPS) is 19.4. The molecule has 7 nitrogen and oxygen atoms in total. The summed E-state index contributed by atoms with van der Waals surface area (Å²) in [6.07, 6.45) is 1.01. The molecule has 1 aliphatic heterocycles. The van der Waals surface area contributed by atoms with Gasteiger partial charge < -0.3 is 4.74 Å². The first-order chi connectivity index (χ1) is 10.5. The van der Waals surface area contributed by atoms with Crippen molar-refractivity contribution < 1.29 is 19.1 Å². The second-order valence-corrected chi connectivity index (χ2v) is 7.32. The van der Waals surface area contributed by atoms with Crippen LogP contribution in [0.1, 0.15) is 53.9 Å². The summed E-state index contributed by atoms with van der Waals surface area (Å²) in [5.41, 5.74) is 3.87. The molecule has 1 fully saturated rings. The van der Waals surface area contributed by atoms with E-state index >= 15 is 0 Å². The van der Waals surface area contributed by atoms with E-state index < -0.39 is 11.1 Å². The lowest BCUT2D eigenvalue weighted by Crippen LogP contribution is -2.49. The molecule has 1 saturated heterocycles. The highest BCUT2D eigenvalue weighted by Gasteiger charge is 2.43. The molecular weight excluding hydrogens is 298 g/mol. The van der Waals surface area contributed by atoms with Crippen LogP contribution in [0.2, 0.25) is 0 Å². The molecule has 0 radical (unpaired) electrons. The molecule has 0 aromatic rings. The predicted molar refractivity (Wildman–Crippen MR) is 86.2 cm³/mol. The van der Waals surface area contributed by atoms with E-state index in [1.807, 2.05) is 27.7 Å². The van der Waals surface area contributed by atoms with Crippen LogP contribution in [0.5, 0.6) is 0 Å². The van der Waals surface area contributed by atoms with E-state index in [2.05, 4.69) is 10.9 Å². The third-order valence-electron chi connectivity index (χ3n) is 4.03. The molecule has 1 heterocycles. The minimum atomic E-state index is -0.622. The standard InChI is InChI=1S/C16H29N3O4/c1-11-9-13(21)19(14(11)22)15(2,3)7-8-23-16(4,5)10-12(20)18-17-6/h11,17H,7-10H2,1-6H3,(H,18,20). The number of likely N-dealkylation sites (tertiary alicyclic amines) is 1. The van der Waals surface area contributed by atoms with Crippen molar-refractivity contribution in [3.8, 4) is 0 Å². The first-order valence-electron chi connectivity index (χ1n) is 7.96. The molecule has 23 heavy (non-hydrogen) atoms. The molecule has 3 amide bonds. The molecule has 1 unspecified atom stereocenters. The number of rotatable bonds is 8. The van der Waals surface area contributed by atoms with Gasteiger partial charge >= 0.3 is 0 Å². The highest BCUT2D eigenvalue weighted by atomic mass is 16.5. The molecule has 1 atom stereocenters. The van der Waals surface area contributed by atoms with Crippen molar-refractivity contribution in [3.63, 3.8) is 0 Å². The fourth-order valence-electron chi connectivity index (χ4n) is 2.73. The van der Waals surface area contributed by atoms with Crippen molar-refractivity contribution in [3.05, 3.63) is 0 Å². The summed E-state index contributed by atoms with van der Waals surface area (Å²) >= 11 is 0. The van der Waals surface area contributed by atoms with Crippen molar-refractivity contribution in [2.75, 3.05) is 13.7 Å². The van der Waals surface area contributed by atoms with E-state index in [0.717, 1.165) is 0 Å². The van der Waals surface area contributed by atoms with E-state index in [1.165, 1.54) is 4.90 Å². The largest absolute Gasteiger partial charge is 0.375 e. The molecule has 0 spiro atoms. The number of amides is 3. The zero-order valence-corrected chi connectivity index (χ0v) is 15.0. The lowest BCUT2D eigenvalue weighted by molar-refractivity contribution is -0.146. The molecule has 2 N–H and O–H groups in total. The van der Waals surface area contributed by atoms with Crippen LogP contribution in [0.4, 0.5) is 0 Å². The van der Waals surface area contributed by atoms with Gasteiger partial charge in [0.1, 0.15) is 0 Å². The summed E-state index contributed by atoms with van der Waals surface area (Å²) in [4.78, 5) is 37.1. The van der Waals surface area contributed by atoms with Gasteiger partial charge in [0.15, 0.2) is 0 Å². The van der Waals surface area contributed by atoms with Crippen molar-refractivity contribution in [1.29, 1.82) is 0 Å². The number of carbonyl (C=O) groups is 3. The SMILES string of the molecule is CNNC(=O)CC(C)(C)OCCC(C)(C)N1C(=O)CC(C)C1=O. The molecule has 0 aromatic carbocycles. The first-order valence-corrected chi connectivity index (χ1v) is 7.96. The predicted octanol–water partition coefficient (Wildman–Crippen LogP) is 0.986. The van der Waals surface area contributed by atoms with Gasteiger partial charge in [-0.2, -0.15) is 0 Å². The van der Waals surface area contributed by atoms with E-state index in [4.69, 9.17) is 4.74 Å². The van der Waals surface area contributed by atoms with Crippen LogP contribution >= 0.6 is 0 Å². The average Bonchev–Trinajstić information content (AvgIpc) is 2.62. The van der Waals surface area contributed by atoms with Gasteiger partial charge in [-0.05, 0) is 34.1 Å². The Morgan fingerprint density at radius 3 is 2.39 bits per heavy atom. The van der Waals surface area contributed by atoms with E-state index in [1.54, 1.807) is 14.0 Å². The van der Waals surface area contributed by atoms with Crippen molar-refractivity contribution in [1.82, 2.24) is 15.8 Å². The van der Waals surface area contributed by atoms with Gasteiger partial charge in [0.05, 0.1) is 12.0 Å². The van der Waals surface area contributed by atoms with Gasteiger partial charge in [0.25, 0.3) is 0 Å². The molecule has 7 heteroatoms. The molecule has 132 valence electrons. The maximum absolute atomic E-state index is 12.1. The number of hydrogen-bond donors (Lipinski definition) is 2. The summed E-state index contributed by atoms with van der Waals surface area (Å²) in [7, 11) is 1.62. The van der Waals surface area contributed by atoms with E-state index in [0.29, 0.717) is 13.0 Å². The van der Waals surface area contributed by atoms with Crippen LogP contribution in [0, 0.1) is 5.92 Å². The Morgan fingerprint density at radius 2 is 1.91 bits per heavy atom. The Hall–Kier alpha value is -1.47. The second-order valence-electron chi connectivity index (χ2n) is 7.32. The Morgan fingerprint density at radius 1 is 1.30 bits per heavy atom. The highest BCUT2D eigenvalue weighted by Crippen LogP contribution is 2.30. The Labute approximate surface area is 138 Å². The monoisotopic (exact) mass is 327 g/mol. The van der Waals surface area contributed by atoms with Crippen LogP contribution < -0.4 is 10.9 Å². The Bertz CT molecular complexity index is 474. The molecule has 0 aromatic heterocycles. The van der Waals surface area contributed by atoms with Crippen LogP contribution in [-0.4, -0.2) is 47.4 Å². The van der Waals surface area contributed by atoms with Crippen LogP contribution in [-0.2, 0) is 19.1 Å². The molecule has 1 aliphatic rings. The van der Waals surface area contributed by atoms with Crippen molar-refractivity contribution in [2.45, 2.75) is 65.0 Å². The lowest BCUT2D eigenvalue weighted by Gasteiger charge is -2.35. The average molecular weight is 327 g/mol. The third kappa shape index (κ3) is 5.28. The first kappa shape index (κ1) is 19.6. The number of hydrazine groups is 1. The van der Waals surface area contributed by atoms with Gasteiger partial charge in [-0.1, -0.05) is 6.92 Å².